The molecule has 0 aliphatic rings. The van der Waals surface area contributed by atoms with Gasteiger partial charge in [0.25, 0.3) is 0 Å². The first kappa shape index (κ1) is 13.5. The second kappa shape index (κ2) is 5.68. The minimum atomic E-state index is -0.997. The molecule has 92 valence electrons. The summed E-state index contributed by atoms with van der Waals surface area (Å²) in [5.41, 5.74) is 0.929. The topological polar surface area (TPSA) is 63.6 Å². The van der Waals surface area contributed by atoms with Gasteiger partial charge in [-0.2, -0.15) is 0 Å². The fraction of sp³-hybridized carbons (Fsp3) is 0.333. The van der Waals surface area contributed by atoms with Gasteiger partial charge in [0, 0.05) is 5.56 Å². The molecule has 1 N–H and O–H groups in total. The summed E-state index contributed by atoms with van der Waals surface area (Å²) in [5, 5.41) is 8.00. The quantitative estimate of drug-likeness (QED) is 0.821. The van der Waals surface area contributed by atoms with Gasteiger partial charge in [-0.25, -0.2) is 0 Å². The van der Waals surface area contributed by atoms with E-state index in [9.17, 15) is 9.59 Å². The van der Waals surface area contributed by atoms with Crippen LogP contribution < -0.4 is 4.74 Å². The van der Waals surface area contributed by atoms with Crippen LogP contribution in [0.5, 0.6) is 5.75 Å². The molecule has 1 atom stereocenters. The number of carbonyl (C=O) groups is 2. The van der Waals surface area contributed by atoms with E-state index in [-0.39, 0.29) is 12.2 Å². The van der Waals surface area contributed by atoms with Gasteiger partial charge in [0.1, 0.15) is 11.1 Å². The lowest BCUT2D eigenvalue weighted by Crippen LogP contribution is -2.10. The highest BCUT2D eigenvalue weighted by Gasteiger charge is 2.21. The predicted molar refractivity (Wildman–Crippen MR) is 63.6 cm³/mol. The zero-order chi connectivity index (χ0) is 13.0. The number of hydrogen-bond acceptors (Lipinski definition) is 3. The lowest BCUT2D eigenvalue weighted by atomic mass is 9.99. The number of hydrogen-bond donors (Lipinski definition) is 1. The first-order chi connectivity index (χ1) is 7.97. The lowest BCUT2D eigenvalue weighted by Gasteiger charge is -2.14. The van der Waals surface area contributed by atoms with E-state index in [2.05, 4.69) is 0 Å². The van der Waals surface area contributed by atoms with E-state index in [1.807, 2.05) is 0 Å². The van der Waals surface area contributed by atoms with E-state index in [1.54, 1.807) is 18.2 Å². The van der Waals surface area contributed by atoms with Crippen molar-refractivity contribution in [3.63, 3.8) is 0 Å². The van der Waals surface area contributed by atoms with Gasteiger partial charge in [-0.3, -0.25) is 9.59 Å². The molecule has 17 heavy (non-hydrogen) atoms. The molecule has 1 rings (SSSR count). The predicted octanol–water partition coefficient (Wildman–Crippen LogP) is 2.19. The Kier molecular flexibility index (Phi) is 4.52. The van der Waals surface area contributed by atoms with Crippen LogP contribution in [0.25, 0.3) is 0 Å². The van der Waals surface area contributed by atoms with Crippen LogP contribution in [0, 0.1) is 0 Å². The summed E-state index contributed by atoms with van der Waals surface area (Å²) in [6.45, 7) is 1.36. The highest BCUT2D eigenvalue weighted by molar-refractivity contribution is 6.31. The molecule has 1 aromatic carbocycles. The molecular formula is C12H13ClO4. The summed E-state index contributed by atoms with van der Waals surface area (Å²) in [4.78, 5) is 22.1. The Hall–Kier alpha value is -1.55. The van der Waals surface area contributed by atoms with Crippen molar-refractivity contribution >= 4 is 23.4 Å². The Morgan fingerprint density at radius 1 is 1.47 bits per heavy atom. The number of ketones is 1. The molecule has 0 fully saturated rings. The molecule has 0 heterocycles. The number of rotatable bonds is 5. The standard InChI is InChI=1S/C12H13ClO4/c1-7(14)12(13)8-4-3-5-10(17-2)9(8)6-11(15)16/h3-5,12H,6H2,1-2H3,(H,15,16). The van der Waals surface area contributed by atoms with E-state index in [0.717, 1.165) is 0 Å². The number of Topliss-reactive ketones (excluding diaryl/α,β-unsaturated/α-hetero) is 1. The van der Waals surface area contributed by atoms with Gasteiger partial charge in [-0.1, -0.05) is 12.1 Å². The molecule has 0 radical (unpaired) electrons. The van der Waals surface area contributed by atoms with Gasteiger partial charge in [0.05, 0.1) is 13.5 Å². The van der Waals surface area contributed by atoms with Crippen LogP contribution in [0.2, 0.25) is 0 Å². The summed E-state index contributed by atoms with van der Waals surface area (Å²) in [7, 11) is 1.45. The van der Waals surface area contributed by atoms with Gasteiger partial charge >= 0.3 is 5.97 Å². The average Bonchev–Trinajstić information content (AvgIpc) is 2.27. The van der Waals surface area contributed by atoms with Crippen LogP contribution in [0.3, 0.4) is 0 Å². The highest BCUT2D eigenvalue weighted by atomic mass is 35.5. The molecule has 0 amide bonds. The first-order valence-electron chi connectivity index (χ1n) is 4.99. The molecule has 0 saturated heterocycles. The second-order valence-electron chi connectivity index (χ2n) is 3.57. The van der Waals surface area contributed by atoms with Gasteiger partial charge in [0.15, 0.2) is 5.78 Å². The minimum Gasteiger partial charge on any atom is -0.496 e. The maximum absolute atomic E-state index is 11.3. The fourth-order valence-electron chi connectivity index (χ4n) is 1.57. The van der Waals surface area contributed by atoms with Crippen molar-refractivity contribution in [2.75, 3.05) is 7.11 Å². The van der Waals surface area contributed by atoms with E-state index < -0.39 is 11.3 Å². The first-order valence-corrected chi connectivity index (χ1v) is 5.43. The van der Waals surface area contributed by atoms with Crippen LogP contribution in [-0.2, 0) is 16.0 Å². The Bertz CT molecular complexity index is 442. The van der Waals surface area contributed by atoms with Crippen molar-refractivity contribution in [1.29, 1.82) is 0 Å². The smallest absolute Gasteiger partial charge is 0.307 e. The zero-order valence-electron chi connectivity index (χ0n) is 9.57. The number of carboxylic acid groups (broad SMARTS) is 1. The third-order valence-electron chi connectivity index (χ3n) is 2.35. The number of carboxylic acids is 1. The number of alkyl halides is 1. The number of methoxy groups -OCH3 is 1. The number of aliphatic carboxylic acids is 1. The summed E-state index contributed by atoms with van der Waals surface area (Å²) in [6, 6.07) is 4.96. The fourth-order valence-corrected chi connectivity index (χ4v) is 1.78. The molecule has 0 aromatic heterocycles. The van der Waals surface area contributed by atoms with E-state index >= 15 is 0 Å². The van der Waals surface area contributed by atoms with E-state index in [1.165, 1.54) is 14.0 Å². The summed E-state index contributed by atoms with van der Waals surface area (Å²) in [5.74, 6) is -0.800. The van der Waals surface area contributed by atoms with E-state index in [4.69, 9.17) is 21.4 Å². The molecule has 0 bridgehead atoms. The van der Waals surface area contributed by atoms with Crippen LogP contribution in [0.1, 0.15) is 23.4 Å². The van der Waals surface area contributed by atoms with Crippen LogP contribution in [-0.4, -0.2) is 24.0 Å². The molecular weight excluding hydrogens is 244 g/mol. The van der Waals surface area contributed by atoms with Crippen molar-refractivity contribution in [3.05, 3.63) is 29.3 Å². The number of ether oxygens (including phenoxy) is 1. The van der Waals surface area contributed by atoms with Crippen LogP contribution >= 0.6 is 11.6 Å². The average molecular weight is 257 g/mol. The van der Waals surface area contributed by atoms with Crippen molar-refractivity contribution in [2.45, 2.75) is 18.7 Å². The maximum atomic E-state index is 11.3. The van der Waals surface area contributed by atoms with Crippen molar-refractivity contribution in [1.82, 2.24) is 0 Å². The van der Waals surface area contributed by atoms with Crippen molar-refractivity contribution < 1.29 is 19.4 Å². The third-order valence-corrected chi connectivity index (χ3v) is 2.89. The summed E-state index contributed by atoms with van der Waals surface area (Å²) < 4.78 is 5.08. The Balaban J connectivity index is 3.28. The Labute approximate surface area is 104 Å². The minimum absolute atomic E-state index is 0.226. The SMILES string of the molecule is COc1cccc(C(Cl)C(C)=O)c1CC(=O)O. The van der Waals surface area contributed by atoms with E-state index in [0.29, 0.717) is 16.9 Å². The molecule has 4 nitrogen and oxygen atoms in total. The second-order valence-corrected chi connectivity index (χ2v) is 4.01. The summed E-state index contributed by atoms with van der Waals surface area (Å²) in [6.07, 6.45) is -0.226. The van der Waals surface area contributed by atoms with Crippen LogP contribution in [0.15, 0.2) is 18.2 Å². The van der Waals surface area contributed by atoms with Gasteiger partial charge < -0.3 is 9.84 Å². The molecule has 0 aliphatic carbocycles. The highest BCUT2D eigenvalue weighted by Crippen LogP contribution is 2.31. The third kappa shape index (κ3) is 3.20. The van der Waals surface area contributed by atoms with Crippen molar-refractivity contribution in [3.8, 4) is 5.75 Å². The number of benzene rings is 1. The largest absolute Gasteiger partial charge is 0.496 e. The normalized spacial score (nSPS) is 11.9. The zero-order valence-corrected chi connectivity index (χ0v) is 10.3. The van der Waals surface area contributed by atoms with Gasteiger partial charge in [-0.15, -0.1) is 11.6 Å². The Morgan fingerprint density at radius 3 is 2.59 bits per heavy atom. The number of carbonyl (C=O) groups excluding carboxylic acids is 1. The molecule has 1 aromatic rings. The summed E-state index contributed by atoms with van der Waals surface area (Å²) >= 11 is 5.96. The Morgan fingerprint density at radius 2 is 2.12 bits per heavy atom. The molecule has 0 aliphatic heterocycles. The monoisotopic (exact) mass is 256 g/mol. The molecule has 0 saturated carbocycles. The lowest BCUT2D eigenvalue weighted by molar-refractivity contribution is -0.136. The van der Waals surface area contributed by atoms with Crippen molar-refractivity contribution in [2.24, 2.45) is 0 Å². The van der Waals surface area contributed by atoms with Crippen LogP contribution in [0.4, 0.5) is 0 Å². The molecule has 1 unspecified atom stereocenters. The molecule has 0 spiro atoms. The van der Waals surface area contributed by atoms with Gasteiger partial charge in [0.2, 0.25) is 0 Å². The molecule has 5 heteroatoms. The van der Waals surface area contributed by atoms with Gasteiger partial charge in [-0.05, 0) is 18.6 Å². The maximum Gasteiger partial charge on any atom is 0.307 e. The number of halogens is 1.